The summed E-state index contributed by atoms with van der Waals surface area (Å²) in [4.78, 5) is 23.8. The summed E-state index contributed by atoms with van der Waals surface area (Å²) in [6.07, 6.45) is 3.55. The molecule has 0 radical (unpaired) electrons. The number of hydrogen-bond acceptors (Lipinski definition) is 4. The van der Waals surface area contributed by atoms with E-state index in [1.807, 2.05) is 24.0 Å². The fourth-order valence-corrected chi connectivity index (χ4v) is 4.02. The van der Waals surface area contributed by atoms with E-state index in [1.54, 1.807) is 6.20 Å². The monoisotopic (exact) mass is 351 g/mol. The largest absolute Gasteiger partial charge is 0.492 e. The van der Waals surface area contributed by atoms with E-state index in [9.17, 15) is 4.79 Å². The number of amides is 1. The van der Waals surface area contributed by atoms with Gasteiger partial charge in [-0.1, -0.05) is 32.0 Å². The van der Waals surface area contributed by atoms with Crippen molar-refractivity contribution in [1.29, 1.82) is 0 Å². The Hall–Kier alpha value is -2.43. The molecule has 2 aliphatic heterocycles. The highest BCUT2D eigenvalue weighted by atomic mass is 16.5. The van der Waals surface area contributed by atoms with Crippen LogP contribution in [-0.2, 0) is 5.41 Å². The van der Waals surface area contributed by atoms with Gasteiger partial charge in [-0.15, -0.1) is 0 Å². The van der Waals surface area contributed by atoms with Gasteiger partial charge in [-0.3, -0.25) is 4.79 Å². The van der Waals surface area contributed by atoms with Crippen LogP contribution in [0.25, 0.3) is 0 Å². The minimum Gasteiger partial charge on any atom is -0.492 e. The number of aromatic nitrogens is 2. The maximum Gasteiger partial charge on any atom is 0.257 e. The molecule has 0 saturated carbocycles. The van der Waals surface area contributed by atoms with Crippen LogP contribution in [0.1, 0.15) is 60.0 Å². The van der Waals surface area contributed by atoms with E-state index in [1.165, 1.54) is 5.56 Å². The van der Waals surface area contributed by atoms with Gasteiger partial charge in [0.05, 0.1) is 17.9 Å². The predicted octanol–water partition coefficient (Wildman–Crippen LogP) is 3.47. The van der Waals surface area contributed by atoms with Crippen LogP contribution in [0.3, 0.4) is 0 Å². The van der Waals surface area contributed by atoms with Crippen LogP contribution in [0.4, 0.5) is 0 Å². The molecule has 0 N–H and O–H groups in total. The second-order valence-electron chi connectivity index (χ2n) is 7.74. The Bertz CT molecular complexity index is 839. The summed E-state index contributed by atoms with van der Waals surface area (Å²) < 4.78 is 5.90. The van der Waals surface area contributed by atoms with Gasteiger partial charge in [0.15, 0.2) is 0 Å². The Balaban J connectivity index is 1.50. The van der Waals surface area contributed by atoms with Crippen LogP contribution >= 0.6 is 0 Å². The minimum absolute atomic E-state index is 0.0415. The number of carbonyl (C=O) groups is 1. The third-order valence-electron chi connectivity index (χ3n) is 5.71. The molecule has 0 unspecified atom stereocenters. The lowest BCUT2D eigenvalue weighted by Crippen LogP contribution is -2.46. The molecule has 26 heavy (non-hydrogen) atoms. The standard InChI is InChI=1S/C21H25N3O2/c1-14(2)19-22-12-16(15(3)23-19)20(25)24-10-8-21(9-11-24)13-26-18-7-5-4-6-17(18)21/h4-7,12,14H,8-11,13H2,1-3H3. The van der Waals surface area contributed by atoms with Crippen LogP contribution in [-0.4, -0.2) is 40.5 Å². The smallest absolute Gasteiger partial charge is 0.257 e. The lowest BCUT2D eigenvalue weighted by molar-refractivity contribution is 0.0645. The van der Waals surface area contributed by atoms with Crippen LogP contribution < -0.4 is 4.74 Å². The zero-order chi connectivity index (χ0) is 18.3. The number of fused-ring (bicyclic) bond motifs is 2. The summed E-state index contributed by atoms with van der Waals surface area (Å²) in [5.74, 6) is 2.09. The highest BCUT2D eigenvalue weighted by Gasteiger charge is 2.43. The van der Waals surface area contributed by atoms with Gasteiger partial charge in [0.25, 0.3) is 5.91 Å². The lowest BCUT2D eigenvalue weighted by Gasteiger charge is -2.38. The van der Waals surface area contributed by atoms with E-state index in [-0.39, 0.29) is 17.2 Å². The van der Waals surface area contributed by atoms with Crippen molar-refractivity contribution >= 4 is 5.91 Å². The van der Waals surface area contributed by atoms with Crippen molar-refractivity contribution in [3.05, 3.63) is 53.1 Å². The highest BCUT2D eigenvalue weighted by molar-refractivity contribution is 5.95. The van der Waals surface area contributed by atoms with E-state index in [0.717, 1.165) is 49.8 Å². The maximum absolute atomic E-state index is 13.0. The molecular formula is C21H25N3O2. The molecular weight excluding hydrogens is 326 g/mol. The van der Waals surface area contributed by atoms with Crippen molar-refractivity contribution in [2.24, 2.45) is 0 Å². The predicted molar refractivity (Wildman–Crippen MR) is 99.6 cm³/mol. The van der Waals surface area contributed by atoms with Gasteiger partial charge in [0.1, 0.15) is 11.6 Å². The number of likely N-dealkylation sites (tertiary alicyclic amines) is 1. The van der Waals surface area contributed by atoms with Gasteiger partial charge < -0.3 is 9.64 Å². The fourth-order valence-electron chi connectivity index (χ4n) is 4.02. The zero-order valence-electron chi connectivity index (χ0n) is 15.7. The zero-order valence-corrected chi connectivity index (χ0v) is 15.7. The second kappa shape index (κ2) is 6.38. The van der Waals surface area contributed by atoms with Gasteiger partial charge >= 0.3 is 0 Å². The first-order chi connectivity index (χ1) is 12.5. The second-order valence-corrected chi connectivity index (χ2v) is 7.74. The van der Waals surface area contributed by atoms with Crippen LogP contribution in [0.2, 0.25) is 0 Å². The Labute approximate surface area is 154 Å². The molecule has 2 aromatic rings. The molecule has 5 nitrogen and oxygen atoms in total. The quantitative estimate of drug-likeness (QED) is 0.831. The first-order valence-corrected chi connectivity index (χ1v) is 9.35. The molecule has 1 amide bonds. The molecule has 5 heteroatoms. The number of para-hydroxylation sites is 1. The number of hydrogen-bond donors (Lipinski definition) is 0. The number of nitrogens with zero attached hydrogens (tertiary/aromatic N) is 3. The number of benzene rings is 1. The Kier molecular flexibility index (Phi) is 4.17. The molecule has 4 rings (SSSR count). The summed E-state index contributed by atoms with van der Waals surface area (Å²) >= 11 is 0. The minimum atomic E-state index is 0.0415. The van der Waals surface area contributed by atoms with Crippen LogP contribution in [0, 0.1) is 6.92 Å². The van der Waals surface area contributed by atoms with Crippen molar-refractivity contribution in [3.63, 3.8) is 0 Å². The van der Waals surface area contributed by atoms with Crippen molar-refractivity contribution in [2.45, 2.75) is 44.9 Å². The lowest BCUT2D eigenvalue weighted by atomic mass is 9.74. The first-order valence-electron chi connectivity index (χ1n) is 9.35. The van der Waals surface area contributed by atoms with Gasteiger partial charge in [-0.2, -0.15) is 0 Å². The van der Waals surface area contributed by atoms with E-state index >= 15 is 0 Å². The maximum atomic E-state index is 13.0. The number of piperidine rings is 1. The molecule has 136 valence electrons. The van der Waals surface area contributed by atoms with Crippen LogP contribution in [0.5, 0.6) is 5.75 Å². The molecule has 2 aliphatic rings. The molecule has 3 heterocycles. The molecule has 1 aromatic carbocycles. The van der Waals surface area contributed by atoms with Gasteiger partial charge in [-0.05, 0) is 25.8 Å². The topological polar surface area (TPSA) is 55.3 Å². The summed E-state index contributed by atoms with van der Waals surface area (Å²) in [7, 11) is 0. The third-order valence-corrected chi connectivity index (χ3v) is 5.71. The summed E-state index contributed by atoms with van der Waals surface area (Å²) in [5, 5.41) is 0. The molecule has 0 atom stereocenters. The highest BCUT2D eigenvalue weighted by Crippen LogP contribution is 2.45. The van der Waals surface area contributed by atoms with Gasteiger partial charge in [-0.25, -0.2) is 9.97 Å². The fraction of sp³-hybridized carbons (Fsp3) is 0.476. The number of carbonyl (C=O) groups excluding carboxylic acids is 1. The van der Waals surface area contributed by atoms with Crippen molar-refractivity contribution in [2.75, 3.05) is 19.7 Å². The molecule has 1 aromatic heterocycles. The SMILES string of the molecule is Cc1nc(C(C)C)ncc1C(=O)N1CCC2(CC1)COc1ccccc12. The van der Waals surface area contributed by atoms with E-state index in [2.05, 4.69) is 35.9 Å². The molecule has 1 fully saturated rings. The molecule has 1 saturated heterocycles. The van der Waals surface area contributed by atoms with E-state index in [0.29, 0.717) is 5.56 Å². The third kappa shape index (κ3) is 2.75. The summed E-state index contributed by atoms with van der Waals surface area (Å²) in [5.41, 5.74) is 2.74. The van der Waals surface area contributed by atoms with Crippen molar-refractivity contribution < 1.29 is 9.53 Å². The van der Waals surface area contributed by atoms with Gasteiger partial charge in [0, 0.05) is 36.2 Å². The summed E-state index contributed by atoms with van der Waals surface area (Å²) in [6, 6.07) is 8.30. The Morgan fingerprint density at radius 1 is 1.23 bits per heavy atom. The van der Waals surface area contributed by atoms with Crippen LogP contribution in [0.15, 0.2) is 30.5 Å². The number of rotatable bonds is 2. The summed E-state index contributed by atoms with van der Waals surface area (Å²) in [6.45, 7) is 8.21. The molecule has 0 aliphatic carbocycles. The van der Waals surface area contributed by atoms with Crippen molar-refractivity contribution in [1.82, 2.24) is 14.9 Å². The van der Waals surface area contributed by atoms with Crippen molar-refractivity contribution in [3.8, 4) is 5.75 Å². The number of ether oxygens (including phenoxy) is 1. The first kappa shape index (κ1) is 17.0. The average Bonchev–Trinajstić information content (AvgIpc) is 3.00. The average molecular weight is 351 g/mol. The van der Waals surface area contributed by atoms with E-state index < -0.39 is 0 Å². The normalized spacial score (nSPS) is 18.1. The Morgan fingerprint density at radius 3 is 2.65 bits per heavy atom. The van der Waals surface area contributed by atoms with E-state index in [4.69, 9.17) is 4.74 Å². The van der Waals surface area contributed by atoms with Gasteiger partial charge in [0.2, 0.25) is 0 Å². The molecule has 1 spiro atoms. The Morgan fingerprint density at radius 2 is 1.96 bits per heavy atom. The molecule has 0 bridgehead atoms. The number of aryl methyl sites for hydroxylation is 1.